The fourth-order valence-electron chi connectivity index (χ4n) is 3.58. The predicted molar refractivity (Wildman–Crippen MR) is 92.5 cm³/mol. The van der Waals surface area contributed by atoms with E-state index in [9.17, 15) is 0 Å². The van der Waals surface area contributed by atoms with Crippen molar-refractivity contribution in [2.24, 2.45) is 0 Å². The van der Waals surface area contributed by atoms with Crippen LogP contribution in [0.3, 0.4) is 0 Å². The van der Waals surface area contributed by atoms with Crippen LogP contribution in [0.5, 0.6) is 0 Å². The number of hydrogen-bond donors (Lipinski definition) is 0. The minimum Gasteiger partial charge on any atom is -0.379 e. The van der Waals surface area contributed by atoms with Gasteiger partial charge in [-0.15, -0.1) is 11.3 Å². The van der Waals surface area contributed by atoms with Gasteiger partial charge in [0, 0.05) is 28.4 Å². The molecule has 112 valence electrons. The molecule has 0 spiro atoms. The van der Waals surface area contributed by atoms with E-state index in [1.165, 1.54) is 34.4 Å². The monoisotopic (exact) mass is 319 g/mol. The average molecular weight is 319 g/mol. The molecule has 2 aliphatic rings. The molecule has 4 heteroatoms. The van der Waals surface area contributed by atoms with Crippen LogP contribution in [-0.2, 0) is 10.3 Å². The maximum atomic E-state index is 5.59. The van der Waals surface area contributed by atoms with Gasteiger partial charge in [-0.1, -0.05) is 18.2 Å². The Morgan fingerprint density at radius 3 is 2.76 bits per heavy atom. The molecule has 1 unspecified atom stereocenters. The molecular formula is C17H21NOS2. The zero-order valence-electron chi connectivity index (χ0n) is 12.2. The zero-order chi connectivity index (χ0) is 14.1. The van der Waals surface area contributed by atoms with Crippen molar-refractivity contribution in [2.75, 3.05) is 37.8 Å². The van der Waals surface area contributed by atoms with Gasteiger partial charge in [-0.3, -0.25) is 4.90 Å². The van der Waals surface area contributed by atoms with Gasteiger partial charge in [0.15, 0.2) is 0 Å². The molecule has 1 aromatic carbocycles. The minimum atomic E-state index is 0.246. The minimum absolute atomic E-state index is 0.246. The van der Waals surface area contributed by atoms with Crippen molar-refractivity contribution in [1.82, 2.24) is 4.90 Å². The van der Waals surface area contributed by atoms with Crippen LogP contribution in [0.1, 0.15) is 17.7 Å². The Balaban J connectivity index is 1.77. The second-order valence-electron chi connectivity index (χ2n) is 5.94. The van der Waals surface area contributed by atoms with E-state index < -0.39 is 0 Å². The largest absolute Gasteiger partial charge is 0.379 e. The van der Waals surface area contributed by atoms with Crippen LogP contribution in [-0.4, -0.2) is 42.7 Å². The SMILES string of the molecule is c1ccc2sc(C3(N4CCOCC4)CCCSC3)cc2c1. The normalized spacial score (nSPS) is 28.0. The number of ether oxygens (including phenoxy) is 1. The number of hydrogen-bond acceptors (Lipinski definition) is 4. The molecule has 1 atom stereocenters. The highest BCUT2D eigenvalue weighted by atomic mass is 32.2. The van der Waals surface area contributed by atoms with Crippen LogP contribution >= 0.6 is 23.1 Å². The smallest absolute Gasteiger partial charge is 0.0647 e. The first kappa shape index (κ1) is 14.1. The van der Waals surface area contributed by atoms with E-state index in [4.69, 9.17) is 4.74 Å². The molecule has 0 saturated carbocycles. The molecule has 2 aromatic rings. The Hall–Kier alpha value is -0.550. The number of morpholine rings is 1. The summed E-state index contributed by atoms with van der Waals surface area (Å²) >= 11 is 4.12. The van der Waals surface area contributed by atoms with Crippen molar-refractivity contribution >= 4 is 33.2 Å². The summed E-state index contributed by atoms with van der Waals surface area (Å²) in [6.45, 7) is 3.93. The molecule has 0 N–H and O–H groups in total. The topological polar surface area (TPSA) is 12.5 Å². The van der Waals surface area contributed by atoms with Crippen molar-refractivity contribution in [2.45, 2.75) is 18.4 Å². The Bertz CT molecular complexity index is 579. The van der Waals surface area contributed by atoms with Gasteiger partial charge in [0.2, 0.25) is 0 Å². The van der Waals surface area contributed by atoms with E-state index in [2.05, 4.69) is 47.0 Å². The highest BCUT2D eigenvalue weighted by molar-refractivity contribution is 7.99. The van der Waals surface area contributed by atoms with Crippen molar-refractivity contribution in [1.29, 1.82) is 0 Å². The van der Waals surface area contributed by atoms with E-state index >= 15 is 0 Å². The zero-order valence-corrected chi connectivity index (χ0v) is 13.8. The predicted octanol–water partition coefficient (Wildman–Crippen LogP) is 3.96. The van der Waals surface area contributed by atoms with Crippen LogP contribution in [0.15, 0.2) is 30.3 Å². The van der Waals surface area contributed by atoms with E-state index in [0.717, 1.165) is 26.3 Å². The number of benzene rings is 1. The molecule has 0 aliphatic carbocycles. The first-order valence-corrected chi connectivity index (χ1v) is 9.75. The average Bonchev–Trinajstić information content (AvgIpc) is 3.01. The van der Waals surface area contributed by atoms with Crippen LogP contribution in [0, 0.1) is 0 Å². The summed E-state index contributed by atoms with van der Waals surface area (Å²) in [6, 6.07) is 11.3. The third kappa shape index (κ3) is 2.52. The standard InChI is InChI=1S/C17H21NOS2/c1-2-5-15-14(4-1)12-16(21-15)17(6-3-11-20-13-17)18-7-9-19-10-8-18/h1-2,4-5,12H,3,6-11,13H2. The quantitative estimate of drug-likeness (QED) is 0.831. The molecule has 2 nitrogen and oxygen atoms in total. The van der Waals surface area contributed by atoms with Crippen molar-refractivity contribution < 1.29 is 4.74 Å². The molecule has 21 heavy (non-hydrogen) atoms. The lowest BCUT2D eigenvalue weighted by molar-refractivity contribution is -0.0195. The van der Waals surface area contributed by atoms with Gasteiger partial charge in [-0.2, -0.15) is 11.8 Å². The van der Waals surface area contributed by atoms with Crippen molar-refractivity contribution in [3.05, 3.63) is 35.2 Å². The molecule has 2 fully saturated rings. The molecule has 3 heterocycles. The lowest BCUT2D eigenvalue weighted by atomic mass is 9.90. The second-order valence-corrected chi connectivity index (χ2v) is 8.12. The highest BCUT2D eigenvalue weighted by Crippen LogP contribution is 2.45. The molecule has 2 aliphatic heterocycles. The Labute approximate surface area is 134 Å². The van der Waals surface area contributed by atoms with Crippen molar-refractivity contribution in [3.8, 4) is 0 Å². The van der Waals surface area contributed by atoms with Gasteiger partial charge in [0.1, 0.15) is 0 Å². The van der Waals surface area contributed by atoms with E-state index in [-0.39, 0.29) is 5.54 Å². The third-order valence-electron chi connectivity index (χ3n) is 4.72. The summed E-state index contributed by atoms with van der Waals surface area (Å²) in [5.74, 6) is 2.55. The molecule has 1 aromatic heterocycles. The molecule has 4 rings (SSSR count). The first-order chi connectivity index (χ1) is 10.4. The summed E-state index contributed by atoms with van der Waals surface area (Å²) in [4.78, 5) is 4.27. The van der Waals surface area contributed by atoms with Crippen LogP contribution in [0.25, 0.3) is 10.1 Å². The maximum absolute atomic E-state index is 5.59. The Kier molecular flexibility index (Phi) is 3.96. The highest BCUT2D eigenvalue weighted by Gasteiger charge is 2.41. The van der Waals surface area contributed by atoms with Gasteiger partial charge in [-0.05, 0) is 36.1 Å². The molecule has 0 bridgehead atoms. The summed E-state index contributed by atoms with van der Waals surface area (Å²) in [5.41, 5.74) is 0.246. The summed E-state index contributed by atoms with van der Waals surface area (Å²) in [7, 11) is 0. The van der Waals surface area contributed by atoms with Gasteiger partial charge in [0.05, 0.1) is 18.8 Å². The van der Waals surface area contributed by atoms with Gasteiger partial charge >= 0.3 is 0 Å². The van der Waals surface area contributed by atoms with E-state index in [1.54, 1.807) is 4.88 Å². The number of nitrogens with zero attached hydrogens (tertiary/aromatic N) is 1. The van der Waals surface area contributed by atoms with Crippen LogP contribution < -0.4 is 0 Å². The van der Waals surface area contributed by atoms with Gasteiger partial charge in [0.25, 0.3) is 0 Å². The second kappa shape index (κ2) is 5.92. The summed E-state index contributed by atoms with van der Waals surface area (Å²) in [6.07, 6.45) is 2.63. The number of thioether (sulfide) groups is 1. The lowest BCUT2D eigenvalue weighted by Crippen LogP contribution is -2.53. The number of fused-ring (bicyclic) bond motifs is 1. The fraction of sp³-hybridized carbons (Fsp3) is 0.529. The Morgan fingerprint density at radius 1 is 1.14 bits per heavy atom. The first-order valence-electron chi connectivity index (χ1n) is 7.78. The lowest BCUT2D eigenvalue weighted by Gasteiger charge is -2.47. The van der Waals surface area contributed by atoms with Crippen LogP contribution in [0.2, 0.25) is 0 Å². The van der Waals surface area contributed by atoms with Gasteiger partial charge in [-0.25, -0.2) is 0 Å². The van der Waals surface area contributed by atoms with E-state index in [0.29, 0.717) is 0 Å². The summed E-state index contributed by atoms with van der Waals surface area (Å²) < 4.78 is 7.01. The fourth-order valence-corrected chi connectivity index (χ4v) is 6.29. The molecule has 0 amide bonds. The molecular weight excluding hydrogens is 298 g/mol. The molecule has 2 saturated heterocycles. The van der Waals surface area contributed by atoms with Crippen LogP contribution in [0.4, 0.5) is 0 Å². The Morgan fingerprint density at radius 2 is 2.00 bits per heavy atom. The third-order valence-corrected chi connectivity index (χ3v) is 7.29. The maximum Gasteiger partial charge on any atom is 0.0647 e. The van der Waals surface area contributed by atoms with Crippen molar-refractivity contribution in [3.63, 3.8) is 0 Å². The number of rotatable bonds is 2. The number of thiophene rings is 1. The van der Waals surface area contributed by atoms with E-state index in [1.807, 2.05) is 11.3 Å². The summed E-state index contributed by atoms with van der Waals surface area (Å²) in [5, 5.41) is 1.40. The van der Waals surface area contributed by atoms with Gasteiger partial charge < -0.3 is 4.74 Å². The molecule has 0 radical (unpaired) electrons.